The first-order valence-electron chi connectivity index (χ1n) is 9.72. The number of aromatic nitrogens is 1. The number of fused-ring (bicyclic) bond motifs is 1. The predicted molar refractivity (Wildman–Crippen MR) is 110 cm³/mol. The first-order valence-corrected chi connectivity index (χ1v) is 12.0. The van der Waals surface area contributed by atoms with E-state index in [0.29, 0.717) is 30.4 Å². The van der Waals surface area contributed by atoms with E-state index >= 15 is 0 Å². The molecule has 1 aliphatic carbocycles. The summed E-state index contributed by atoms with van der Waals surface area (Å²) in [5, 5.41) is 3.47. The number of nitrogens with zero attached hydrogens (tertiary/aromatic N) is 2. The topological polar surface area (TPSA) is 79.4 Å². The lowest BCUT2D eigenvalue weighted by Gasteiger charge is -2.23. The van der Waals surface area contributed by atoms with E-state index in [2.05, 4.69) is 17.2 Å². The van der Waals surface area contributed by atoms with Crippen LogP contribution in [-0.2, 0) is 27.7 Å². The fraction of sp³-hybridized carbons (Fsp3) is 0.500. The van der Waals surface area contributed by atoms with Crippen molar-refractivity contribution in [3.8, 4) is 0 Å². The van der Waals surface area contributed by atoms with Gasteiger partial charge in [0.1, 0.15) is 6.04 Å². The molecule has 2 aliphatic rings. The number of benzene rings is 1. The highest BCUT2D eigenvalue weighted by Crippen LogP contribution is 2.33. The first kappa shape index (κ1) is 19.5. The van der Waals surface area contributed by atoms with Crippen LogP contribution in [0.15, 0.2) is 29.2 Å². The Labute approximate surface area is 170 Å². The average Bonchev–Trinajstić information content (AvgIpc) is 3.28. The van der Waals surface area contributed by atoms with Crippen LogP contribution in [0, 0.1) is 12.8 Å². The molecule has 1 fully saturated rings. The van der Waals surface area contributed by atoms with Crippen LogP contribution in [0.2, 0.25) is 0 Å². The summed E-state index contributed by atoms with van der Waals surface area (Å²) in [5.74, 6) is 0.355. The molecule has 1 N–H and O–H groups in total. The van der Waals surface area contributed by atoms with E-state index < -0.39 is 16.1 Å². The van der Waals surface area contributed by atoms with Crippen LogP contribution in [-0.4, -0.2) is 36.2 Å². The van der Waals surface area contributed by atoms with E-state index in [1.807, 2.05) is 6.92 Å². The minimum atomic E-state index is -3.70. The molecular formula is C20H25N3O3S2. The molecule has 0 unspecified atom stereocenters. The van der Waals surface area contributed by atoms with Gasteiger partial charge in [-0.1, -0.05) is 24.6 Å². The van der Waals surface area contributed by atoms with Crippen molar-refractivity contribution < 1.29 is 13.2 Å². The molecular weight excluding hydrogens is 394 g/mol. The number of sulfonamides is 1. The molecule has 150 valence electrons. The van der Waals surface area contributed by atoms with Crippen molar-refractivity contribution in [3.63, 3.8) is 0 Å². The number of anilines is 1. The molecule has 0 saturated carbocycles. The van der Waals surface area contributed by atoms with Gasteiger partial charge in [-0.15, -0.1) is 11.3 Å². The van der Waals surface area contributed by atoms with Gasteiger partial charge in [0.25, 0.3) is 0 Å². The molecule has 6 nitrogen and oxygen atoms in total. The Balaban J connectivity index is 1.52. The second-order valence-electron chi connectivity index (χ2n) is 7.81. The molecule has 4 rings (SSSR count). The third-order valence-corrected chi connectivity index (χ3v) is 8.51. The normalized spacial score (nSPS) is 22.8. The quantitative estimate of drug-likeness (QED) is 0.824. The monoisotopic (exact) mass is 419 g/mol. The zero-order valence-corrected chi connectivity index (χ0v) is 17.8. The number of hydrogen-bond acceptors (Lipinski definition) is 5. The molecule has 1 aromatic carbocycles. The van der Waals surface area contributed by atoms with Crippen LogP contribution in [0.1, 0.15) is 42.3 Å². The van der Waals surface area contributed by atoms with Crippen molar-refractivity contribution >= 4 is 32.4 Å². The highest BCUT2D eigenvalue weighted by Gasteiger charge is 2.39. The fourth-order valence-electron chi connectivity index (χ4n) is 3.92. The number of hydrogen-bond donors (Lipinski definition) is 1. The van der Waals surface area contributed by atoms with E-state index in [-0.39, 0.29) is 10.8 Å². The number of nitrogens with one attached hydrogen (secondary N) is 1. The Kier molecular flexibility index (Phi) is 5.28. The molecule has 2 heterocycles. The molecule has 1 saturated heterocycles. The van der Waals surface area contributed by atoms with Crippen LogP contribution in [0.25, 0.3) is 0 Å². The van der Waals surface area contributed by atoms with Crippen molar-refractivity contribution in [2.45, 2.75) is 56.9 Å². The summed E-state index contributed by atoms with van der Waals surface area (Å²) in [4.78, 5) is 18.9. The minimum absolute atomic E-state index is 0.233. The summed E-state index contributed by atoms with van der Waals surface area (Å²) >= 11 is 1.52. The van der Waals surface area contributed by atoms with Gasteiger partial charge in [0.2, 0.25) is 15.9 Å². The molecule has 28 heavy (non-hydrogen) atoms. The smallest absolute Gasteiger partial charge is 0.244 e. The number of rotatable bonds is 4. The van der Waals surface area contributed by atoms with E-state index in [1.54, 1.807) is 24.3 Å². The highest BCUT2D eigenvalue weighted by atomic mass is 32.2. The maximum absolute atomic E-state index is 13.0. The van der Waals surface area contributed by atoms with E-state index in [1.165, 1.54) is 20.5 Å². The molecule has 0 radical (unpaired) electrons. The third-order valence-electron chi connectivity index (χ3n) is 5.55. The number of amides is 1. The SMILES string of the molecule is Cc1ccc(S(=O)(=O)N2CCC[C@@H]2C(=O)Nc2nc3c(s2)C[C@H](C)CC3)cc1. The van der Waals surface area contributed by atoms with Gasteiger partial charge in [0.15, 0.2) is 5.13 Å². The summed E-state index contributed by atoms with van der Waals surface area (Å²) in [5.41, 5.74) is 2.07. The third kappa shape index (κ3) is 3.73. The van der Waals surface area contributed by atoms with Crippen LogP contribution < -0.4 is 5.32 Å². The number of carbonyl (C=O) groups excluding carboxylic acids is 1. The molecule has 0 bridgehead atoms. The Bertz CT molecular complexity index is 983. The molecule has 2 atom stereocenters. The summed E-state index contributed by atoms with van der Waals surface area (Å²) in [6.45, 7) is 4.50. The Hall–Kier alpha value is -1.77. The van der Waals surface area contributed by atoms with E-state index in [4.69, 9.17) is 0 Å². The number of thiazole rings is 1. The zero-order chi connectivity index (χ0) is 19.9. The summed E-state index contributed by atoms with van der Waals surface area (Å²) < 4.78 is 27.4. The Morgan fingerprint density at radius 2 is 2.00 bits per heavy atom. The van der Waals surface area contributed by atoms with Crippen molar-refractivity contribution in [2.24, 2.45) is 5.92 Å². The van der Waals surface area contributed by atoms with Gasteiger partial charge in [-0.25, -0.2) is 13.4 Å². The van der Waals surface area contributed by atoms with Gasteiger partial charge < -0.3 is 5.32 Å². The number of carbonyl (C=O) groups is 1. The molecule has 1 aromatic heterocycles. The second kappa shape index (κ2) is 7.57. The number of aryl methyl sites for hydroxylation is 2. The van der Waals surface area contributed by atoms with Gasteiger partial charge in [-0.05, 0) is 57.1 Å². The maximum Gasteiger partial charge on any atom is 0.244 e. The summed E-state index contributed by atoms with van der Waals surface area (Å²) in [6.07, 6.45) is 4.27. The largest absolute Gasteiger partial charge is 0.301 e. The zero-order valence-electron chi connectivity index (χ0n) is 16.1. The predicted octanol–water partition coefficient (Wildman–Crippen LogP) is 3.37. The lowest BCUT2D eigenvalue weighted by atomic mass is 9.93. The fourth-order valence-corrected chi connectivity index (χ4v) is 6.75. The van der Waals surface area contributed by atoms with E-state index in [0.717, 1.165) is 30.5 Å². The van der Waals surface area contributed by atoms with Crippen LogP contribution >= 0.6 is 11.3 Å². The highest BCUT2D eigenvalue weighted by molar-refractivity contribution is 7.89. The molecule has 8 heteroatoms. The molecule has 1 amide bonds. The Morgan fingerprint density at radius 1 is 1.25 bits per heavy atom. The van der Waals surface area contributed by atoms with Crippen LogP contribution in [0.4, 0.5) is 5.13 Å². The molecule has 2 aromatic rings. The maximum atomic E-state index is 13.0. The van der Waals surface area contributed by atoms with Gasteiger partial charge in [0.05, 0.1) is 10.6 Å². The van der Waals surface area contributed by atoms with Gasteiger partial charge >= 0.3 is 0 Å². The van der Waals surface area contributed by atoms with Crippen molar-refractivity contribution in [1.29, 1.82) is 0 Å². The average molecular weight is 420 g/mol. The van der Waals surface area contributed by atoms with Crippen molar-refractivity contribution in [2.75, 3.05) is 11.9 Å². The van der Waals surface area contributed by atoms with Crippen molar-refractivity contribution in [1.82, 2.24) is 9.29 Å². The second-order valence-corrected chi connectivity index (χ2v) is 10.8. The summed E-state index contributed by atoms with van der Waals surface area (Å²) in [7, 11) is -3.70. The van der Waals surface area contributed by atoms with Gasteiger partial charge in [-0.3, -0.25) is 4.79 Å². The molecule has 1 aliphatic heterocycles. The lowest BCUT2D eigenvalue weighted by Crippen LogP contribution is -2.43. The standard InChI is InChI=1S/C20H25N3O3S2/c1-13-5-8-15(9-6-13)28(25,26)23-11-3-4-17(23)19(24)22-20-21-16-10-7-14(2)12-18(16)27-20/h5-6,8-9,14,17H,3-4,7,10-12H2,1-2H3,(H,21,22,24)/t14-,17-/m1/s1. The lowest BCUT2D eigenvalue weighted by molar-refractivity contribution is -0.119. The molecule has 0 spiro atoms. The first-order chi connectivity index (χ1) is 13.3. The van der Waals surface area contributed by atoms with Crippen molar-refractivity contribution in [3.05, 3.63) is 40.4 Å². The summed E-state index contributed by atoms with van der Waals surface area (Å²) in [6, 6.07) is 6.08. The Morgan fingerprint density at radius 3 is 2.75 bits per heavy atom. The van der Waals surface area contributed by atoms with Gasteiger partial charge in [-0.2, -0.15) is 4.31 Å². The van der Waals surface area contributed by atoms with Crippen LogP contribution in [0.3, 0.4) is 0 Å². The minimum Gasteiger partial charge on any atom is -0.301 e. The van der Waals surface area contributed by atoms with Gasteiger partial charge in [0, 0.05) is 11.4 Å². The van der Waals surface area contributed by atoms with Crippen LogP contribution in [0.5, 0.6) is 0 Å². The van der Waals surface area contributed by atoms with E-state index in [9.17, 15) is 13.2 Å².